The fourth-order valence-electron chi connectivity index (χ4n) is 1.18. The van der Waals surface area contributed by atoms with Gasteiger partial charge in [0.15, 0.2) is 5.50 Å². The van der Waals surface area contributed by atoms with Crippen LogP contribution in [0.5, 0.6) is 0 Å². The standard InChI is InChI=1S/C8H16ClN7O/c1-3-5-15(6-4-2)8(17)7(9)16-13-11-10-12-14-16/h3-4,7,10-14H,1-2,5-6H2. The Morgan fingerprint density at radius 3 is 2.24 bits per heavy atom. The first-order valence-electron chi connectivity index (χ1n) is 4.91. The third kappa shape index (κ3) is 4.06. The molecule has 1 aliphatic heterocycles. The summed E-state index contributed by atoms with van der Waals surface area (Å²) >= 11 is 6.01. The van der Waals surface area contributed by atoms with Gasteiger partial charge in [0.1, 0.15) is 0 Å². The molecule has 0 aromatic carbocycles. The van der Waals surface area contributed by atoms with Crippen molar-refractivity contribution in [1.29, 1.82) is 0 Å². The van der Waals surface area contributed by atoms with Crippen LogP contribution < -0.4 is 27.7 Å². The van der Waals surface area contributed by atoms with Gasteiger partial charge in [0.05, 0.1) is 0 Å². The zero-order valence-electron chi connectivity index (χ0n) is 9.24. The molecular formula is C8H16ClN7O. The summed E-state index contributed by atoms with van der Waals surface area (Å²) in [4.78, 5) is 13.5. The lowest BCUT2D eigenvalue weighted by Crippen LogP contribution is -2.75. The van der Waals surface area contributed by atoms with Crippen LogP contribution in [0.15, 0.2) is 25.3 Å². The van der Waals surface area contributed by atoms with Gasteiger partial charge in [0.25, 0.3) is 5.91 Å². The molecule has 0 aliphatic carbocycles. The lowest BCUT2D eigenvalue weighted by atomic mass is 10.4. The molecule has 1 unspecified atom stereocenters. The number of nitrogens with one attached hydrogen (secondary N) is 5. The third-order valence-corrected chi connectivity index (χ3v) is 2.30. The van der Waals surface area contributed by atoms with Crippen LogP contribution in [0.25, 0.3) is 0 Å². The number of rotatable bonds is 6. The first kappa shape index (κ1) is 14.1. The van der Waals surface area contributed by atoms with E-state index in [0.29, 0.717) is 13.1 Å². The average Bonchev–Trinajstić information content (AvgIpc) is 2.38. The van der Waals surface area contributed by atoms with Gasteiger partial charge in [-0.15, -0.1) is 18.3 Å². The van der Waals surface area contributed by atoms with Gasteiger partial charge in [0.2, 0.25) is 0 Å². The van der Waals surface area contributed by atoms with Gasteiger partial charge in [-0.1, -0.05) is 23.8 Å². The van der Waals surface area contributed by atoms with Crippen molar-refractivity contribution in [3.63, 3.8) is 0 Å². The van der Waals surface area contributed by atoms with E-state index in [2.05, 4.69) is 40.8 Å². The van der Waals surface area contributed by atoms with E-state index in [1.165, 1.54) is 10.0 Å². The molecule has 0 saturated carbocycles. The molecule has 0 bridgehead atoms. The lowest BCUT2D eigenvalue weighted by Gasteiger charge is -2.34. The van der Waals surface area contributed by atoms with Crippen molar-refractivity contribution in [1.82, 2.24) is 37.7 Å². The summed E-state index contributed by atoms with van der Waals surface area (Å²) in [7, 11) is 0. The molecular weight excluding hydrogens is 246 g/mol. The van der Waals surface area contributed by atoms with Crippen LogP contribution in [-0.4, -0.2) is 34.5 Å². The Morgan fingerprint density at radius 2 is 1.76 bits per heavy atom. The molecule has 1 rings (SSSR count). The lowest BCUT2D eigenvalue weighted by molar-refractivity contribution is -0.139. The first-order valence-corrected chi connectivity index (χ1v) is 5.34. The molecule has 9 heteroatoms. The number of amides is 1. The molecule has 0 aromatic rings. The largest absolute Gasteiger partial charge is 0.333 e. The highest BCUT2D eigenvalue weighted by atomic mass is 35.5. The van der Waals surface area contributed by atoms with Crippen LogP contribution in [-0.2, 0) is 4.79 Å². The van der Waals surface area contributed by atoms with E-state index in [1.54, 1.807) is 12.2 Å². The summed E-state index contributed by atoms with van der Waals surface area (Å²) in [6.45, 7) is 7.98. The van der Waals surface area contributed by atoms with Gasteiger partial charge in [-0.05, 0) is 0 Å². The minimum Gasteiger partial charge on any atom is -0.333 e. The molecule has 8 nitrogen and oxygen atoms in total. The summed E-state index contributed by atoms with van der Waals surface area (Å²) in [5, 5.41) is 1.26. The number of carbonyl (C=O) groups is 1. The van der Waals surface area contributed by atoms with E-state index < -0.39 is 5.50 Å². The van der Waals surface area contributed by atoms with E-state index >= 15 is 0 Å². The molecule has 96 valence electrons. The van der Waals surface area contributed by atoms with Crippen molar-refractivity contribution >= 4 is 17.5 Å². The van der Waals surface area contributed by atoms with E-state index in [0.717, 1.165) is 0 Å². The minimum atomic E-state index is -0.933. The number of carbonyl (C=O) groups excluding carboxylic acids is 1. The molecule has 17 heavy (non-hydrogen) atoms. The smallest absolute Gasteiger partial charge is 0.258 e. The summed E-state index contributed by atoms with van der Waals surface area (Å²) in [6.07, 6.45) is 3.25. The van der Waals surface area contributed by atoms with Crippen LogP contribution >= 0.6 is 11.6 Å². The number of hydrogen-bond donors (Lipinski definition) is 5. The third-order valence-electron chi connectivity index (χ3n) is 1.92. The van der Waals surface area contributed by atoms with Crippen molar-refractivity contribution in [2.45, 2.75) is 5.50 Å². The second-order valence-corrected chi connectivity index (χ2v) is 3.54. The SMILES string of the molecule is C=CCN(CC=C)C(=O)C(Cl)N1NNNNN1. The van der Waals surface area contributed by atoms with Gasteiger partial charge in [-0.25, -0.2) is 0 Å². The Morgan fingerprint density at radius 1 is 1.24 bits per heavy atom. The van der Waals surface area contributed by atoms with Crippen LogP contribution in [0, 0.1) is 0 Å². The van der Waals surface area contributed by atoms with Crippen LogP contribution in [0.1, 0.15) is 0 Å². The minimum absolute atomic E-state index is 0.281. The maximum Gasteiger partial charge on any atom is 0.258 e. The van der Waals surface area contributed by atoms with E-state index in [9.17, 15) is 4.79 Å². The predicted octanol–water partition coefficient (Wildman–Crippen LogP) is -1.49. The molecule has 0 aromatic heterocycles. The van der Waals surface area contributed by atoms with Gasteiger partial charge in [0, 0.05) is 13.1 Å². The molecule has 1 atom stereocenters. The normalized spacial score (nSPS) is 18.4. The highest BCUT2D eigenvalue weighted by Crippen LogP contribution is 2.05. The summed E-state index contributed by atoms with van der Waals surface area (Å²) in [6, 6.07) is 0. The molecule has 5 N–H and O–H groups in total. The van der Waals surface area contributed by atoms with E-state index in [4.69, 9.17) is 11.6 Å². The maximum atomic E-state index is 12.0. The predicted molar refractivity (Wildman–Crippen MR) is 64.1 cm³/mol. The fraction of sp³-hybridized carbons (Fsp3) is 0.375. The van der Waals surface area contributed by atoms with E-state index in [-0.39, 0.29) is 5.91 Å². The Hall–Kier alpha value is -1.00. The topological polar surface area (TPSA) is 83.7 Å². The Bertz CT molecular complexity index is 271. The molecule has 0 radical (unpaired) electrons. The summed E-state index contributed by atoms with van der Waals surface area (Å²) < 4.78 is 0. The van der Waals surface area contributed by atoms with Crippen molar-refractivity contribution < 1.29 is 4.79 Å². The van der Waals surface area contributed by atoms with Gasteiger partial charge in [-0.2, -0.15) is 27.7 Å². The van der Waals surface area contributed by atoms with Crippen molar-refractivity contribution in [3.8, 4) is 0 Å². The zero-order valence-corrected chi connectivity index (χ0v) is 10.00. The van der Waals surface area contributed by atoms with Crippen LogP contribution in [0.2, 0.25) is 0 Å². The highest BCUT2D eigenvalue weighted by Gasteiger charge is 2.28. The van der Waals surface area contributed by atoms with Crippen LogP contribution in [0.3, 0.4) is 0 Å². The van der Waals surface area contributed by atoms with Gasteiger partial charge >= 0.3 is 0 Å². The number of nitrogens with zero attached hydrogens (tertiary/aromatic N) is 2. The molecule has 1 saturated heterocycles. The quantitative estimate of drug-likeness (QED) is 0.226. The number of alkyl halides is 1. The highest BCUT2D eigenvalue weighted by molar-refractivity contribution is 6.30. The average molecular weight is 262 g/mol. The van der Waals surface area contributed by atoms with Gasteiger partial charge < -0.3 is 4.90 Å². The van der Waals surface area contributed by atoms with Crippen molar-refractivity contribution in [3.05, 3.63) is 25.3 Å². The molecule has 0 spiro atoms. The Kier molecular flexibility index (Phi) is 6.08. The zero-order chi connectivity index (χ0) is 12.7. The Balaban J connectivity index is 2.57. The molecule has 1 fully saturated rings. The van der Waals surface area contributed by atoms with Crippen molar-refractivity contribution in [2.75, 3.05) is 13.1 Å². The molecule has 1 aliphatic rings. The van der Waals surface area contributed by atoms with Gasteiger partial charge in [-0.3, -0.25) is 4.79 Å². The monoisotopic (exact) mass is 261 g/mol. The van der Waals surface area contributed by atoms with Crippen molar-refractivity contribution in [2.24, 2.45) is 0 Å². The maximum absolute atomic E-state index is 12.0. The Labute approximate surface area is 104 Å². The fourth-order valence-corrected chi connectivity index (χ4v) is 1.41. The summed E-state index contributed by atoms with van der Waals surface area (Å²) in [5.74, 6) is -0.281. The molecule has 1 amide bonds. The second-order valence-electron chi connectivity index (χ2n) is 3.12. The number of hydrazine groups is 6. The van der Waals surface area contributed by atoms with Crippen LogP contribution in [0.4, 0.5) is 0 Å². The first-order chi connectivity index (χ1) is 8.20. The second kappa shape index (κ2) is 7.35. The van der Waals surface area contributed by atoms with E-state index in [1.807, 2.05) is 0 Å². The number of halogens is 1. The molecule has 1 heterocycles. The number of hydrogen-bond acceptors (Lipinski definition) is 7. The summed E-state index contributed by atoms with van der Waals surface area (Å²) in [5.41, 5.74) is 11.8.